The van der Waals surface area contributed by atoms with Gasteiger partial charge in [-0.05, 0) is 44.7 Å². The lowest BCUT2D eigenvalue weighted by atomic mass is 9.67. The molecule has 116 valence electrons. The molecule has 2 rings (SSSR count). The van der Waals surface area contributed by atoms with E-state index in [1.807, 2.05) is 0 Å². The summed E-state index contributed by atoms with van der Waals surface area (Å²) in [6.07, 6.45) is 5.48. The topological polar surface area (TPSA) is 49.6 Å². The first-order chi connectivity index (χ1) is 9.65. The highest BCUT2D eigenvalue weighted by Gasteiger charge is 2.45. The van der Waals surface area contributed by atoms with Crippen LogP contribution in [0.2, 0.25) is 0 Å². The zero-order chi connectivity index (χ0) is 14.6. The zero-order valence-corrected chi connectivity index (χ0v) is 13.2. The van der Waals surface area contributed by atoms with Gasteiger partial charge in [0.15, 0.2) is 0 Å². The lowest BCUT2D eigenvalue weighted by Gasteiger charge is -2.45. The van der Waals surface area contributed by atoms with Crippen LogP contribution in [0, 0.1) is 11.3 Å². The number of carbonyl (C=O) groups is 1. The number of nitrogens with two attached hydrogens (primary N) is 1. The van der Waals surface area contributed by atoms with Gasteiger partial charge in [0.2, 0.25) is 5.91 Å². The van der Waals surface area contributed by atoms with Gasteiger partial charge in [0, 0.05) is 26.2 Å². The second kappa shape index (κ2) is 6.90. The first-order valence-corrected chi connectivity index (χ1v) is 8.37. The van der Waals surface area contributed by atoms with Crippen molar-refractivity contribution in [2.24, 2.45) is 17.1 Å². The molecule has 2 fully saturated rings. The normalized spacial score (nSPS) is 22.9. The molecule has 2 N–H and O–H groups in total. The number of piperidine rings is 1. The number of hydrogen-bond acceptors (Lipinski definition) is 3. The van der Waals surface area contributed by atoms with Crippen molar-refractivity contribution in [2.75, 3.05) is 39.3 Å². The van der Waals surface area contributed by atoms with E-state index in [9.17, 15) is 4.79 Å². The van der Waals surface area contributed by atoms with Crippen LogP contribution >= 0.6 is 0 Å². The highest BCUT2D eigenvalue weighted by atomic mass is 16.2. The van der Waals surface area contributed by atoms with Crippen LogP contribution in [0.1, 0.15) is 46.0 Å². The van der Waals surface area contributed by atoms with E-state index in [4.69, 9.17) is 5.73 Å². The van der Waals surface area contributed by atoms with Gasteiger partial charge in [-0.1, -0.05) is 20.3 Å². The summed E-state index contributed by atoms with van der Waals surface area (Å²) in [7, 11) is 0. The molecule has 0 unspecified atom stereocenters. The fraction of sp³-hybridized carbons (Fsp3) is 0.938. The van der Waals surface area contributed by atoms with Gasteiger partial charge in [0.25, 0.3) is 0 Å². The number of likely N-dealkylation sites (tertiary alicyclic amines) is 1. The minimum Gasteiger partial charge on any atom is -0.342 e. The Morgan fingerprint density at radius 3 is 2.25 bits per heavy atom. The van der Waals surface area contributed by atoms with Crippen LogP contribution in [-0.4, -0.2) is 55.0 Å². The molecule has 0 bridgehead atoms. The van der Waals surface area contributed by atoms with Crippen molar-refractivity contribution < 1.29 is 4.79 Å². The molecule has 1 saturated heterocycles. The minimum absolute atomic E-state index is 0.189. The van der Waals surface area contributed by atoms with E-state index in [2.05, 4.69) is 23.6 Å². The Hall–Kier alpha value is -0.610. The molecule has 4 heteroatoms. The maximum atomic E-state index is 12.6. The average molecular weight is 281 g/mol. The van der Waals surface area contributed by atoms with Crippen molar-refractivity contribution in [3.8, 4) is 0 Å². The van der Waals surface area contributed by atoms with Crippen molar-refractivity contribution in [2.45, 2.75) is 46.0 Å². The Labute approximate surface area is 123 Å². The van der Waals surface area contributed by atoms with E-state index in [1.165, 1.54) is 13.0 Å². The Morgan fingerprint density at radius 1 is 1.25 bits per heavy atom. The van der Waals surface area contributed by atoms with Gasteiger partial charge in [-0.3, -0.25) is 4.79 Å². The lowest BCUT2D eigenvalue weighted by molar-refractivity contribution is -0.148. The van der Waals surface area contributed by atoms with Crippen LogP contribution in [-0.2, 0) is 4.79 Å². The van der Waals surface area contributed by atoms with E-state index in [1.54, 1.807) is 0 Å². The van der Waals surface area contributed by atoms with Crippen molar-refractivity contribution in [1.82, 2.24) is 9.80 Å². The van der Waals surface area contributed by atoms with Gasteiger partial charge in [-0.15, -0.1) is 0 Å². The summed E-state index contributed by atoms with van der Waals surface area (Å²) < 4.78 is 0. The van der Waals surface area contributed by atoms with E-state index in [0.29, 0.717) is 12.5 Å². The van der Waals surface area contributed by atoms with E-state index >= 15 is 0 Å². The number of carbonyl (C=O) groups excluding carboxylic acids is 1. The number of nitrogens with zero attached hydrogens (tertiary/aromatic N) is 2. The van der Waals surface area contributed by atoms with Crippen LogP contribution in [0.4, 0.5) is 0 Å². The Morgan fingerprint density at radius 2 is 1.85 bits per heavy atom. The second-order valence-corrected chi connectivity index (χ2v) is 6.56. The first-order valence-electron chi connectivity index (χ1n) is 8.37. The van der Waals surface area contributed by atoms with Gasteiger partial charge in [0.1, 0.15) is 0 Å². The molecule has 0 aromatic heterocycles. The maximum absolute atomic E-state index is 12.6. The Bertz CT molecular complexity index is 310. The Balaban J connectivity index is 1.80. The molecule has 0 aromatic rings. The van der Waals surface area contributed by atoms with Gasteiger partial charge in [-0.25, -0.2) is 0 Å². The van der Waals surface area contributed by atoms with E-state index in [-0.39, 0.29) is 5.41 Å². The van der Waals surface area contributed by atoms with Crippen LogP contribution < -0.4 is 5.73 Å². The fourth-order valence-corrected chi connectivity index (χ4v) is 3.61. The van der Waals surface area contributed by atoms with Gasteiger partial charge >= 0.3 is 0 Å². The summed E-state index contributed by atoms with van der Waals surface area (Å²) in [5.41, 5.74) is 5.66. The fourth-order valence-electron chi connectivity index (χ4n) is 3.61. The zero-order valence-electron chi connectivity index (χ0n) is 13.2. The van der Waals surface area contributed by atoms with Crippen LogP contribution in [0.3, 0.4) is 0 Å². The van der Waals surface area contributed by atoms with Crippen LogP contribution in [0.15, 0.2) is 0 Å². The molecule has 1 heterocycles. The predicted molar refractivity (Wildman–Crippen MR) is 82.4 cm³/mol. The SMILES string of the molecule is CCN(CC)CC1CCN(C(=O)C2(CN)CCC2)CC1. The summed E-state index contributed by atoms with van der Waals surface area (Å²) in [6, 6.07) is 0. The average Bonchev–Trinajstić information content (AvgIpc) is 2.44. The molecular formula is C16H31N3O. The third-order valence-electron chi connectivity index (χ3n) is 5.47. The third-order valence-corrected chi connectivity index (χ3v) is 5.47. The molecule has 4 nitrogen and oxygen atoms in total. The number of hydrogen-bond donors (Lipinski definition) is 1. The molecular weight excluding hydrogens is 250 g/mol. The highest BCUT2D eigenvalue weighted by Crippen LogP contribution is 2.42. The number of rotatable bonds is 6. The van der Waals surface area contributed by atoms with Gasteiger partial charge < -0.3 is 15.5 Å². The van der Waals surface area contributed by atoms with Gasteiger partial charge in [-0.2, -0.15) is 0 Å². The van der Waals surface area contributed by atoms with Crippen LogP contribution in [0.5, 0.6) is 0 Å². The third kappa shape index (κ3) is 3.17. The maximum Gasteiger partial charge on any atom is 0.230 e. The van der Waals surface area contributed by atoms with Crippen molar-refractivity contribution in [3.63, 3.8) is 0 Å². The number of amides is 1. The molecule has 0 atom stereocenters. The second-order valence-electron chi connectivity index (χ2n) is 6.56. The van der Waals surface area contributed by atoms with Crippen molar-refractivity contribution >= 4 is 5.91 Å². The quantitative estimate of drug-likeness (QED) is 0.806. The molecule has 0 spiro atoms. The molecule has 1 aliphatic carbocycles. The highest BCUT2D eigenvalue weighted by molar-refractivity contribution is 5.84. The molecule has 1 saturated carbocycles. The Kier molecular flexibility index (Phi) is 5.44. The summed E-state index contributed by atoms with van der Waals surface area (Å²) in [5.74, 6) is 1.10. The van der Waals surface area contributed by atoms with Crippen molar-refractivity contribution in [3.05, 3.63) is 0 Å². The molecule has 2 aliphatic rings. The molecule has 0 radical (unpaired) electrons. The predicted octanol–water partition coefficient (Wildman–Crippen LogP) is 1.70. The summed E-state index contributed by atoms with van der Waals surface area (Å²) in [5, 5.41) is 0. The molecule has 20 heavy (non-hydrogen) atoms. The lowest BCUT2D eigenvalue weighted by Crippen LogP contribution is -2.54. The first kappa shape index (κ1) is 15.8. The minimum atomic E-state index is -0.189. The van der Waals surface area contributed by atoms with Gasteiger partial charge in [0.05, 0.1) is 5.41 Å². The largest absolute Gasteiger partial charge is 0.342 e. The van der Waals surface area contributed by atoms with E-state index in [0.717, 1.165) is 57.8 Å². The molecule has 1 amide bonds. The monoisotopic (exact) mass is 281 g/mol. The smallest absolute Gasteiger partial charge is 0.230 e. The summed E-state index contributed by atoms with van der Waals surface area (Å²) >= 11 is 0. The van der Waals surface area contributed by atoms with E-state index < -0.39 is 0 Å². The standard InChI is InChI=1S/C16H31N3O/c1-3-18(4-2)12-14-6-10-19(11-7-14)15(20)16(13-17)8-5-9-16/h14H,3-13,17H2,1-2H3. The van der Waals surface area contributed by atoms with Crippen molar-refractivity contribution in [1.29, 1.82) is 0 Å². The van der Waals surface area contributed by atoms with Crippen LogP contribution in [0.25, 0.3) is 0 Å². The summed E-state index contributed by atoms with van der Waals surface area (Å²) in [4.78, 5) is 17.2. The molecule has 1 aliphatic heterocycles. The summed E-state index contributed by atoms with van der Waals surface area (Å²) in [6.45, 7) is 10.3. The molecule has 0 aromatic carbocycles.